The zero-order valence-electron chi connectivity index (χ0n) is 15.9. The largest absolute Gasteiger partial charge is 0.466 e. The minimum atomic E-state index is -3.63. The third-order valence-electron chi connectivity index (χ3n) is 2.83. The fraction of sp³-hybridized carbons (Fsp3) is 0.750. The lowest BCUT2D eigenvalue weighted by atomic mass is 10.2. The Bertz CT molecular complexity index is 527. The topological polar surface area (TPSA) is 122 Å². The van der Waals surface area contributed by atoms with E-state index in [1.54, 1.807) is 13.8 Å². The van der Waals surface area contributed by atoms with Gasteiger partial charge in [0.2, 0.25) is 0 Å². The van der Waals surface area contributed by atoms with E-state index in [0.29, 0.717) is 0 Å². The molecule has 0 aromatic heterocycles. The Kier molecular flexibility index (Phi) is 13.6. The minimum absolute atomic E-state index is 0.117. The Balaban J connectivity index is 0. The number of hydrogen-bond donors (Lipinski definition) is 1. The number of alkyl halides is 4. The molecule has 0 saturated heterocycles. The summed E-state index contributed by atoms with van der Waals surface area (Å²) in [5, 5.41) is 0. The molecule has 0 aromatic carbocycles. The Morgan fingerprint density at radius 3 is 1.39 bits per heavy atom. The van der Waals surface area contributed by atoms with Crippen molar-refractivity contribution in [1.29, 1.82) is 0 Å². The molecule has 164 valence electrons. The molecule has 0 saturated carbocycles. The van der Waals surface area contributed by atoms with E-state index in [4.69, 9.17) is 0 Å². The standard InChI is InChI=1S/C9H14F2O4.C7H11F2NO3/c1-3-14-7(12)5-6-9(10,11)8(13)15-4-2;1-2-13-5(11)3-4-7(8,9)6(10)12/h3-6H2,1-2H3;2-4H2,1H3,(H2,10,12). The SMILES string of the molecule is CCOC(=O)CCC(F)(F)C(=O)OCC.CCOC(=O)CCC(F)(F)C(N)=O. The van der Waals surface area contributed by atoms with Crippen LogP contribution in [-0.4, -0.2) is 55.5 Å². The fourth-order valence-electron chi connectivity index (χ4n) is 1.45. The summed E-state index contributed by atoms with van der Waals surface area (Å²) in [5.74, 6) is -12.1. The van der Waals surface area contributed by atoms with E-state index in [2.05, 4.69) is 19.9 Å². The van der Waals surface area contributed by atoms with Crippen LogP contribution in [0.15, 0.2) is 0 Å². The van der Waals surface area contributed by atoms with Gasteiger partial charge in [0.1, 0.15) is 0 Å². The van der Waals surface area contributed by atoms with Crippen molar-refractivity contribution in [1.82, 2.24) is 0 Å². The lowest BCUT2D eigenvalue weighted by molar-refractivity contribution is -0.173. The molecule has 0 heterocycles. The number of halogens is 4. The van der Waals surface area contributed by atoms with Gasteiger partial charge in [-0.2, -0.15) is 17.6 Å². The number of ether oxygens (including phenoxy) is 3. The summed E-state index contributed by atoms with van der Waals surface area (Å²) in [5.41, 5.74) is 4.39. The molecule has 0 atom stereocenters. The van der Waals surface area contributed by atoms with Gasteiger partial charge in [-0.15, -0.1) is 0 Å². The van der Waals surface area contributed by atoms with Crippen molar-refractivity contribution in [2.75, 3.05) is 19.8 Å². The molecule has 0 bridgehead atoms. The zero-order chi connectivity index (χ0) is 22.4. The van der Waals surface area contributed by atoms with Crippen LogP contribution in [0.3, 0.4) is 0 Å². The van der Waals surface area contributed by atoms with Crippen LogP contribution in [0.25, 0.3) is 0 Å². The second kappa shape index (κ2) is 13.7. The highest BCUT2D eigenvalue weighted by Gasteiger charge is 2.40. The number of carbonyl (C=O) groups excluding carboxylic acids is 4. The Morgan fingerprint density at radius 1 is 0.714 bits per heavy atom. The first-order valence-corrected chi connectivity index (χ1v) is 8.38. The third-order valence-corrected chi connectivity index (χ3v) is 2.83. The summed E-state index contributed by atoms with van der Waals surface area (Å²) in [6, 6.07) is 0. The molecule has 28 heavy (non-hydrogen) atoms. The average Bonchev–Trinajstić information content (AvgIpc) is 2.59. The van der Waals surface area contributed by atoms with Crippen molar-refractivity contribution in [3.63, 3.8) is 0 Å². The van der Waals surface area contributed by atoms with Crippen LogP contribution in [0.1, 0.15) is 46.5 Å². The van der Waals surface area contributed by atoms with Gasteiger partial charge in [0.25, 0.3) is 5.91 Å². The van der Waals surface area contributed by atoms with E-state index in [9.17, 15) is 36.7 Å². The number of rotatable bonds is 11. The van der Waals surface area contributed by atoms with E-state index >= 15 is 0 Å². The van der Waals surface area contributed by atoms with Gasteiger partial charge < -0.3 is 19.9 Å². The second-order valence-corrected chi connectivity index (χ2v) is 5.10. The van der Waals surface area contributed by atoms with Gasteiger partial charge in [0, 0.05) is 12.8 Å². The average molecular weight is 419 g/mol. The van der Waals surface area contributed by atoms with Crippen molar-refractivity contribution in [3.8, 4) is 0 Å². The Hall–Kier alpha value is -2.40. The smallest absolute Gasteiger partial charge is 0.376 e. The number of primary amides is 1. The lowest BCUT2D eigenvalue weighted by Gasteiger charge is -2.13. The maximum absolute atomic E-state index is 12.9. The van der Waals surface area contributed by atoms with Crippen LogP contribution in [-0.2, 0) is 33.4 Å². The number of carbonyl (C=O) groups is 4. The maximum Gasteiger partial charge on any atom is 0.376 e. The molecule has 0 aromatic rings. The van der Waals surface area contributed by atoms with Gasteiger partial charge in [-0.25, -0.2) is 4.79 Å². The van der Waals surface area contributed by atoms with Crippen molar-refractivity contribution < 1.29 is 51.0 Å². The van der Waals surface area contributed by atoms with Gasteiger partial charge in [-0.3, -0.25) is 14.4 Å². The quantitative estimate of drug-likeness (QED) is 0.309. The number of amides is 1. The van der Waals surface area contributed by atoms with E-state index < -0.39 is 61.3 Å². The normalized spacial score (nSPS) is 11.0. The van der Waals surface area contributed by atoms with Gasteiger partial charge in [0.05, 0.1) is 32.7 Å². The molecular formula is C16H25F4NO7. The molecule has 0 spiro atoms. The minimum Gasteiger partial charge on any atom is -0.466 e. The van der Waals surface area contributed by atoms with Crippen LogP contribution in [0.5, 0.6) is 0 Å². The highest BCUT2D eigenvalue weighted by atomic mass is 19.3. The summed E-state index contributed by atoms with van der Waals surface area (Å²) in [7, 11) is 0. The van der Waals surface area contributed by atoms with Crippen molar-refractivity contribution >= 4 is 23.8 Å². The molecule has 0 unspecified atom stereocenters. The monoisotopic (exact) mass is 419 g/mol. The molecule has 2 N–H and O–H groups in total. The predicted molar refractivity (Wildman–Crippen MR) is 87.5 cm³/mol. The van der Waals surface area contributed by atoms with Gasteiger partial charge in [-0.1, -0.05) is 0 Å². The fourth-order valence-corrected chi connectivity index (χ4v) is 1.45. The van der Waals surface area contributed by atoms with Crippen LogP contribution in [0.4, 0.5) is 17.6 Å². The van der Waals surface area contributed by atoms with E-state index in [0.717, 1.165) is 0 Å². The molecule has 12 heteroatoms. The molecule has 0 fully saturated rings. The first-order chi connectivity index (χ1) is 12.8. The predicted octanol–water partition coefficient (Wildman–Crippen LogP) is 1.98. The van der Waals surface area contributed by atoms with Gasteiger partial charge in [-0.05, 0) is 20.8 Å². The summed E-state index contributed by atoms with van der Waals surface area (Å²) >= 11 is 0. The lowest BCUT2D eigenvalue weighted by Crippen LogP contribution is -2.35. The second-order valence-electron chi connectivity index (χ2n) is 5.10. The molecule has 0 rings (SSSR count). The Labute approximate surface area is 159 Å². The van der Waals surface area contributed by atoms with Crippen molar-refractivity contribution in [2.24, 2.45) is 5.73 Å². The summed E-state index contributed by atoms with van der Waals surface area (Å²) in [6.07, 6.45) is -2.80. The molecule has 0 aliphatic rings. The summed E-state index contributed by atoms with van der Waals surface area (Å²) in [4.78, 5) is 42.2. The van der Waals surface area contributed by atoms with Crippen LogP contribution < -0.4 is 5.73 Å². The molecular weight excluding hydrogens is 394 g/mol. The van der Waals surface area contributed by atoms with Gasteiger partial charge in [0.15, 0.2) is 0 Å². The van der Waals surface area contributed by atoms with E-state index in [-0.39, 0.29) is 19.8 Å². The summed E-state index contributed by atoms with van der Waals surface area (Å²) in [6.45, 7) is 4.70. The van der Waals surface area contributed by atoms with Crippen LogP contribution >= 0.6 is 0 Å². The number of hydrogen-bond acceptors (Lipinski definition) is 7. The molecule has 0 aliphatic carbocycles. The van der Waals surface area contributed by atoms with E-state index in [1.807, 2.05) is 0 Å². The maximum atomic E-state index is 12.9. The molecule has 0 aliphatic heterocycles. The summed E-state index contributed by atoms with van der Waals surface area (Å²) < 4.78 is 63.8. The molecule has 1 amide bonds. The van der Waals surface area contributed by atoms with E-state index in [1.165, 1.54) is 6.92 Å². The molecule has 0 radical (unpaired) electrons. The van der Waals surface area contributed by atoms with Gasteiger partial charge >= 0.3 is 29.8 Å². The highest BCUT2D eigenvalue weighted by Crippen LogP contribution is 2.22. The highest BCUT2D eigenvalue weighted by molar-refractivity contribution is 5.82. The number of esters is 3. The number of nitrogens with two attached hydrogens (primary N) is 1. The van der Waals surface area contributed by atoms with Crippen LogP contribution in [0.2, 0.25) is 0 Å². The first kappa shape index (κ1) is 27.8. The zero-order valence-corrected chi connectivity index (χ0v) is 15.9. The van der Waals surface area contributed by atoms with Crippen molar-refractivity contribution in [3.05, 3.63) is 0 Å². The van der Waals surface area contributed by atoms with Crippen LogP contribution in [0, 0.1) is 0 Å². The third kappa shape index (κ3) is 12.9. The molecule has 8 nitrogen and oxygen atoms in total. The Morgan fingerprint density at radius 2 is 1.07 bits per heavy atom. The first-order valence-electron chi connectivity index (χ1n) is 8.38. The van der Waals surface area contributed by atoms with Crippen molar-refractivity contribution in [2.45, 2.75) is 58.3 Å².